The third kappa shape index (κ3) is 1.67. The summed E-state index contributed by atoms with van der Waals surface area (Å²) in [4.78, 5) is 14.5. The van der Waals surface area contributed by atoms with Crippen molar-refractivity contribution in [3.05, 3.63) is 0 Å². The number of fused-ring (bicyclic) bond motifs is 1. The molecule has 0 radical (unpaired) electrons. The number of hydrogen-bond donors (Lipinski definition) is 0. The van der Waals surface area contributed by atoms with Gasteiger partial charge < -0.3 is 9.64 Å². The zero-order chi connectivity index (χ0) is 10.9. The minimum Gasteiger partial charge on any atom is -0.466 e. The lowest BCUT2D eigenvalue weighted by Gasteiger charge is -2.42. The van der Waals surface area contributed by atoms with Crippen molar-refractivity contribution in [3.63, 3.8) is 0 Å². The van der Waals surface area contributed by atoms with E-state index in [0.717, 1.165) is 32.2 Å². The van der Waals surface area contributed by atoms with E-state index in [4.69, 9.17) is 4.74 Å². The second-order valence-corrected chi connectivity index (χ2v) is 4.87. The van der Waals surface area contributed by atoms with Crippen LogP contribution >= 0.6 is 0 Å². The van der Waals surface area contributed by atoms with Crippen molar-refractivity contribution >= 4 is 5.97 Å². The number of ether oxygens (including phenoxy) is 1. The molecule has 2 aliphatic rings. The maximum atomic E-state index is 12.1. The Morgan fingerprint density at radius 1 is 1.47 bits per heavy atom. The molecule has 1 aliphatic carbocycles. The Labute approximate surface area is 91.8 Å². The van der Waals surface area contributed by atoms with Crippen LogP contribution in [0.1, 0.15) is 39.0 Å². The number of carbonyl (C=O) groups excluding carboxylic acids is 1. The summed E-state index contributed by atoms with van der Waals surface area (Å²) in [5.74, 6) is 0.0547. The third-order valence-electron chi connectivity index (χ3n) is 4.09. The summed E-state index contributed by atoms with van der Waals surface area (Å²) < 4.78 is 5.27. The molecule has 1 saturated carbocycles. The van der Waals surface area contributed by atoms with Crippen LogP contribution in [-0.4, -0.2) is 37.1 Å². The lowest BCUT2D eigenvalue weighted by atomic mass is 9.75. The topological polar surface area (TPSA) is 29.5 Å². The Bertz CT molecular complexity index is 254. The fourth-order valence-electron chi connectivity index (χ4n) is 3.40. The first-order valence-electron chi connectivity index (χ1n) is 6.08. The van der Waals surface area contributed by atoms with Crippen LogP contribution in [0.3, 0.4) is 0 Å². The number of likely N-dealkylation sites (tertiary alicyclic amines) is 1. The Morgan fingerprint density at radius 3 is 2.93 bits per heavy atom. The van der Waals surface area contributed by atoms with Crippen LogP contribution in [0, 0.1) is 5.41 Å². The molecule has 0 aromatic rings. The van der Waals surface area contributed by atoms with Gasteiger partial charge in [-0.15, -0.1) is 0 Å². The Morgan fingerprint density at radius 2 is 2.20 bits per heavy atom. The number of carbonyl (C=O) groups is 1. The maximum Gasteiger partial charge on any atom is 0.313 e. The highest BCUT2D eigenvalue weighted by Gasteiger charge is 2.52. The molecule has 0 aromatic carbocycles. The fraction of sp³-hybridized carbons (Fsp3) is 0.917. The highest BCUT2D eigenvalue weighted by Crippen LogP contribution is 2.48. The normalized spacial score (nSPS) is 36.3. The fourth-order valence-corrected chi connectivity index (χ4v) is 3.40. The molecule has 1 aliphatic heterocycles. The van der Waals surface area contributed by atoms with Gasteiger partial charge in [-0.25, -0.2) is 0 Å². The summed E-state index contributed by atoms with van der Waals surface area (Å²) >= 11 is 0. The van der Waals surface area contributed by atoms with Crippen LogP contribution in [0.2, 0.25) is 0 Å². The van der Waals surface area contributed by atoms with Gasteiger partial charge in [-0.05, 0) is 46.2 Å². The molecule has 1 heterocycles. The van der Waals surface area contributed by atoms with E-state index in [9.17, 15) is 4.79 Å². The molecule has 1 saturated heterocycles. The summed E-state index contributed by atoms with van der Waals surface area (Å²) in [7, 11) is 2.14. The first-order valence-corrected chi connectivity index (χ1v) is 6.08. The van der Waals surface area contributed by atoms with Crippen LogP contribution in [0.25, 0.3) is 0 Å². The monoisotopic (exact) mass is 211 g/mol. The summed E-state index contributed by atoms with van der Waals surface area (Å²) in [6.45, 7) is 3.54. The van der Waals surface area contributed by atoms with E-state index in [1.165, 1.54) is 6.42 Å². The van der Waals surface area contributed by atoms with Crippen LogP contribution in [0.4, 0.5) is 0 Å². The van der Waals surface area contributed by atoms with Crippen molar-refractivity contribution in [1.82, 2.24) is 4.90 Å². The van der Waals surface area contributed by atoms with Gasteiger partial charge in [0.05, 0.1) is 12.0 Å². The molecule has 2 fully saturated rings. The predicted molar refractivity (Wildman–Crippen MR) is 58.6 cm³/mol. The van der Waals surface area contributed by atoms with Crippen molar-refractivity contribution in [1.29, 1.82) is 0 Å². The first kappa shape index (κ1) is 10.9. The number of piperidine rings is 1. The molecule has 15 heavy (non-hydrogen) atoms. The number of rotatable bonds is 2. The molecule has 0 amide bonds. The Hall–Kier alpha value is -0.570. The van der Waals surface area contributed by atoms with E-state index in [-0.39, 0.29) is 11.4 Å². The average molecular weight is 211 g/mol. The van der Waals surface area contributed by atoms with Gasteiger partial charge in [0.15, 0.2) is 0 Å². The zero-order valence-electron chi connectivity index (χ0n) is 9.79. The standard InChI is InChI=1S/C12H21NO2/c1-3-15-11(14)12-7-4-6-10(12)13(2)9-5-8-12/h10H,3-9H2,1-2H3/t10-,12+/m1/s1. The van der Waals surface area contributed by atoms with Crippen molar-refractivity contribution in [2.24, 2.45) is 5.41 Å². The van der Waals surface area contributed by atoms with Crippen LogP contribution < -0.4 is 0 Å². The van der Waals surface area contributed by atoms with Crippen molar-refractivity contribution in [3.8, 4) is 0 Å². The van der Waals surface area contributed by atoms with Crippen LogP contribution in [-0.2, 0) is 9.53 Å². The van der Waals surface area contributed by atoms with Crippen molar-refractivity contribution in [2.45, 2.75) is 45.1 Å². The van der Waals surface area contributed by atoms with Crippen LogP contribution in [0.5, 0.6) is 0 Å². The Kier molecular flexibility index (Phi) is 3.01. The molecule has 3 nitrogen and oxygen atoms in total. The number of esters is 1. The van der Waals surface area contributed by atoms with Gasteiger partial charge in [0.2, 0.25) is 0 Å². The lowest BCUT2D eigenvalue weighted by molar-refractivity contribution is -0.161. The van der Waals surface area contributed by atoms with E-state index in [1.807, 2.05) is 6.92 Å². The van der Waals surface area contributed by atoms with E-state index in [0.29, 0.717) is 12.6 Å². The molecule has 2 rings (SSSR count). The summed E-state index contributed by atoms with van der Waals surface area (Å²) in [5.41, 5.74) is -0.164. The number of nitrogens with zero attached hydrogens (tertiary/aromatic N) is 1. The molecule has 2 atom stereocenters. The maximum absolute atomic E-state index is 12.1. The highest BCUT2D eigenvalue weighted by atomic mass is 16.5. The second kappa shape index (κ2) is 4.12. The van der Waals surface area contributed by atoms with Crippen LogP contribution in [0.15, 0.2) is 0 Å². The minimum atomic E-state index is -0.164. The second-order valence-electron chi connectivity index (χ2n) is 4.87. The van der Waals surface area contributed by atoms with Crippen molar-refractivity contribution in [2.75, 3.05) is 20.2 Å². The molecule has 86 valence electrons. The molecular formula is C12H21NO2. The molecule has 0 aromatic heterocycles. The zero-order valence-corrected chi connectivity index (χ0v) is 9.79. The third-order valence-corrected chi connectivity index (χ3v) is 4.09. The van der Waals surface area contributed by atoms with E-state index in [2.05, 4.69) is 11.9 Å². The van der Waals surface area contributed by atoms with E-state index < -0.39 is 0 Å². The lowest BCUT2D eigenvalue weighted by Crippen LogP contribution is -2.52. The Balaban J connectivity index is 2.19. The van der Waals surface area contributed by atoms with Gasteiger partial charge in [-0.1, -0.05) is 6.42 Å². The smallest absolute Gasteiger partial charge is 0.313 e. The van der Waals surface area contributed by atoms with E-state index in [1.54, 1.807) is 0 Å². The molecule has 3 heteroatoms. The number of hydrogen-bond acceptors (Lipinski definition) is 3. The van der Waals surface area contributed by atoms with Gasteiger partial charge in [-0.2, -0.15) is 0 Å². The van der Waals surface area contributed by atoms with Gasteiger partial charge in [0.25, 0.3) is 0 Å². The van der Waals surface area contributed by atoms with Gasteiger partial charge in [-0.3, -0.25) is 4.79 Å². The molecular weight excluding hydrogens is 190 g/mol. The summed E-state index contributed by atoms with van der Waals surface area (Å²) in [6.07, 6.45) is 5.52. The van der Waals surface area contributed by atoms with Gasteiger partial charge >= 0.3 is 5.97 Å². The van der Waals surface area contributed by atoms with Crippen molar-refractivity contribution < 1.29 is 9.53 Å². The van der Waals surface area contributed by atoms with Gasteiger partial charge in [0.1, 0.15) is 0 Å². The SMILES string of the molecule is CCOC(=O)[C@]12CCC[C@H]1N(C)CCC2. The van der Waals surface area contributed by atoms with E-state index >= 15 is 0 Å². The molecule has 0 N–H and O–H groups in total. The minimum absolute atomic E-state index is 0.0547. The molecule has 0 unspecified atom stereocenters. The largest absolute Gasteiger partial charge is 0.466 e. The highest BCUT2D eigenvalue weighted by molar-refractivity contribution is 5.78. The predicted octanol–water partition coefficient (Wildman–Crippen LogP) is 1.81. The first-order chi connectivity index (χ1) is 7.20. The van der Waals surface area contributed by atoms with Gasteiger partial charge in [0, 0.05) is 6.04 Å². The summed E-state index contributed by atoms with van der Waals surface area (Å²) in [5, 5.41) is 0. The molecule has 0 spiro atoms. The summed E-state index contributed by atoms with van der Waals surface area (Å²) in [6, 6.07) is 0.435. The average Bonchev–Trinajstić information content (AvgIpc) is 2.64. The molecule has 0 bridgehead atoms. The quantitative estimate of drug-likeness (QED) is 0.652.